The Morgan fingerprint density at radius 3 is 2.48 bits per heavy atom. The lowest BCUT2D eigenvalue weighted by molar-refractivity contribution is 0.0578. The zero-order valence-electron chi connectivity index (χ0n) is 16.1. The van der Waals surface area contributed by atoms with Crippen LogP contribution in [-0.2, 0) is 11.3 Å². The number of aryl methyl sites for hydroxylation is 1. The van der Waals surface area contributed by atoms with Crippen molar-refractivity contribution in [3.8, 4) is 5.75 Å². The van der Waals surface area contributed by atoms with E-state index in [2.05, 4.69) is 4.98 Å². The molecule has 3 aromatic rings. The molecule has 0 aliphatic carbocycles. The van der Waals surface area contributed by atoms with Gasteiger partial charge in [-0.15, -0.1) is 0 Å². The van der Waals surface area contributed by atoms with Crippen LogP contribution in [0.25, 0.3) is 10.9 Å². The van der Waals surface area contributed by atoms with Gasteiger partial charge in [0.05, 0.1) is 12.2 Å². The third-order valence-corrected chi connectivity index (χ3v) is 4.09. The van der Waals surface area contributed by atoms with E-state index in [0.717, 1.165) is 11.1 Å². The van der Waals surface area contributed by atoms with E-state index in [1.807, 2.05) is 58.0 Å². The monoisotopic (exact) mass is 364 g/mol. The van der Waals surface area contributed by atoms with Gasteiger partial charge in [-0.05, 0) is 57.5 Å². The van der Waals surface area contributed by atoms with Gasteiger partial charge in [0, 0.05) is 11.6 Å². The quantitative estimate of drug-likeness (QED) is 0.695. The number of nitrogens with zero attached hydrogens (tertiary/aromatic N) is 2. The summed E-state index contributed by atoms with van der Waals surface area (Å²) < 4.78 is 5.63. The topological polar surface area (TPSA) is 62.7 Å². The normalized spacial score (nSPS) is 11.4. The lowest BCUT2D eigenvalue weighted by atomic mass is 10.1. The van der Waals surface area contributed by atoms with E-state index in [1.165, 1.54) is 0 Å². The van der Waals surface area contributed by atoms with Gasteiger partial charge in [-0.3, -0.25) is 9.88 Å². The van der Waals surface area contributed by atoms with Crippen molar-refractivity contribution in [3.05, 3.63) is 65.9 Å². The molecule has 0 saturated carbocycles. The first-order valence-electron chi connectivity index (χ1n) is 8.87. The van der Waals surface area contributed by atoms with Gasteiger partial charge < -0.3 is 9.84 Å². The molecule has 5 nitrogen and oxygen atoms in total. The Kier molecular flexibility index (Phi) is 5.04. The molecule has 1 N–H and O–H groups in total. The zero-order chi connectivity index (χ0) is 19.6. The Bertz CT molecular complexity index is 959. The van der Waals surface area contributed by atoms with Crippen LogP contribution < -0.4 is 4.90 Å². The number of hydrogen-bond donors (Lipinski definition) is 1. The maximum Gasteiger partial charge on any atom is 0.415 e. The number of benzene rings is 2. The van der Waals surface area contributed by atoms with Crippen LogP contribution in [0.4, 0.5) is 10.5 Å². The first kappa shape index (κ1) is 18.7. The number of fused-ring (bicyclic) bond motifs is 1. The lowest BCUT2D eigenvalue weighted by Crippen LogP contribution is -2.36. The predicted octanol–water partition coefficient (Wildman–Crippen LogP) is 5.19. The van der Waals surface area contributed by atoms with Gasteiger partial charge in [-0.1, -0.05) is 29.8 Å². The highest BCUT2D eigenvalue weighted by Gasteiger charge is 2.25. The van der Waals surface area contributed by atoms with Crippen LogP contribution in [0.1, 0.15) is 31.9 Å². The minimum atomic E-state index is -0.617. The van der Waals surface area contributed by atoms with E-state index in [4.69, 9.17) is 4.74 Å². The summed E-state index contributed by atoms with van der Waals surface area (Å²) in [5, 5.41) is 10.8. The molecule has 1 heterocycles. The molecule has 0 spiro atoms. The van der Waals surface area contributed by atoms with Crippen LogP contribution in [0.5, 0.6) is 5.75 Å². The number of amides is 1. The number of pyridine rings is 1. The first-order valence-corrected chi connectivity index (χ1v) is 8.87. The van der Waals surface area contributed by atoms with Gasteiger partial charge in [0.2, 0.25) is 0 Å². The van der Waals surface area contributed by atoms with Crippen LogP contribution >= 0.6 is 0 Å². The fraction of sp³-hybridized carbons (Fsp3) is 0.273. The summed E-state index contributed by atoms with van der Waals surface area (Å²) in [5.41, 5.74) is 2.62. The third kappa shape index (κ3) is 4.37. The number of aromatic hydroxyl groups is 1. The summed E-state index contributed by atoms with van der Waals surface area (Å²) in [7, 11) is 0. The standard InChI is InChI=1S/C22H24N2O3/c1-15-7-9-16(10-8-15)14-24(21(26)27-22(2,3)4)18-11-12-19(25)20-17(18)6-5-13-23-20/h5-13,25H,14H2,1-4H3. The Balaban J connectivity index is 2.08. The maximum atomic E-state index is 13.0. The average Bonchev–Trinajstić information content (AvgIpc) is 2.61. The second kappa shape index (κ2) is 7.27. The van der Waals surface area contributed by atoms with Crippen molar-refractivity contribution in [3.63, 3.8) is 0 Å². The van der Waals surface area contributed by atoms with Crippen LogP contribution in [0.15, 0.2) is 54.7 Å². The fourth-order valence-corrected chi connectivity index (χ4v) is 2.82. The van der Waals surface area contributed by atoms with E-state index in [-0.39, 0.29) is 5.75 Å². The van der Waals surface area contributed by atoms with Crippen molar-refractivity contribution in [1.82, 2.24) is 4.98 Å². The number of phenolic OH excluding ortho intramolecular Hbond substituents is 1. The molecule has 140 valence electrons. The van der Waals surface area contributed by atoms with E-state index in [9.17, 15) is 9.90 Å². The highest BCUT2D eigenvalue weighted by Crippen LogP contribution is 2.33. The Labute approximate surface area is 159 Å². The Morgan fingerprint density at radius 2 is 1.81 bits per heavy atom. The predicted molar refractivity (Wildman–Crippen MR) is 107 cm³/mol. The zero-order valence-corrected chi connectivity index (χ0v) is 16.1. The van der Waals surface area contributed by atoms with Crippen molar-refractivity contribution in [2.45, 2.75) is 39.8 Å². The van der Waals surface area contributed by atoms with E-state index < -0.39 is 11.7 Å². The molecule has 0 saturated heterocycles. The number of anilines is 1. The lowest BCUT2D eigenvalue weighted by Gasteiger charge is -2.28. The summed E-state index contributed by atoms with van der Waals surface area (Å²) in [6, 6.07) is 14.9. The number of aromatic nitrogens is 1. The van der Waals surface area contributed by atoms with E-state index in [0.29, 0.717) is 23.1 Å². The molecular weight excluding hydrogens is 340 g/mol. The smallest absolute Gasteiger partial charge is 0.415 e. The van der Waals surface area contributed by atoms with Crippen LogP contribution in [0, 0.1) is 6.92 Å². The van der Waals surface area contributed by atoms with Crippen LogP contribution in [-0.4, -0.2) is 21.8 Å². The molecule has 0 radical (unpaired) electrons. The molecule has 5 heteroatoms. The molecule has 0 bridgehead atoms. The van der Waals surface area contributed by atoms with Gasteiger partial charge in [0.1, 0.15) is 16.9 Å². The molecule has 0 unspecified atom stereocenters. The number of ether oxygens (including phenoxy) is 1. The second-order valence-electron chi connectivity index (χ2n) is 7.56. The first-order chi connectivity index (χ1) is 12.7. The van der Waals surface area contributed by atoms with Gasteiger partial charge in [-0.25, -0.2) is 4.79 Å². The summed E-state index contributed by atoms with van der Waals surface area (Å²) in [5.74, 6) is 0.0776. The van der Waals surface area contributed by atoms with Gasteiger partial charge in [-0.2, -0.15) is 0 Å². The van der Waals surface area contributed by atoms with Crippen molar-refractivity contribution < 1.29 is 14.6 Å². The highest BCUT2D eigenvalue weighted by molar-refractivity contribution is 6.02. The minimum absolute atomic E-state index is 0.0776. The third-order valence-electron chi connectivity index (χ3n) is 4.09. The number of phenols is 1. The van der Waals surface area contributed by atoms with Gasteiger partial charge in [0.15, 0.2) is 0 Å². The fourth-order valence-electron chi connectivity index (χ4n) is 2.82. The molecule has 0 aliphatic rings. The molecule has 0 fully saturated rings. The highest BCUT2D eigenvalue weighted by atomic mass is 16.6. The summed E-state index contributed by atoms with van der Waals surface area (Å²) in [6.45, 7) is 7.89. The average molecular weight is 364 g/mol. The van der Waals surface area contributed by atoms with Gasteiger partial charge >= 0.3 is 6.09 Å². The molecule has 2 aromatic carbocycles. The van der Waals surface area contributed by atoms with Crippen molar-refractivity contribution >= 4 is 22.7 Å². The number of rotatable bonds is 3. The van der Waals surface area contributed by atoms with Gasteiger partial charge in [0.25, 0.3) is 0 Å². The Hall–Kier alpha value is -3.08. The maximum absolute atomic E-state index is 13.0. The molecule has 1 amide bonds. The van der Waals surface area contributed by atoms with Crippen molar-refractivity contribution in [2.75, 3.05) is 4.90 Å². The largest absolute Gasteiger partial charge is 0.506 e. The molecule has 1 aromatic heterocycles. The summed E-state index contributed by atoms with van der Waals surface area (Å²) in [4.78, 5) is 18.8. The molecular formula is C22H24N2O3. The summed E-state index contributed by atoms with van der Waals surface area (Å²) >= 11 is 0. The minimum Gasteiger partial charge on any atom is -0.506 e. The van der Waals surface area contributed by atoms with Crippen molar-refractivity contribution in [1.29, 1.82) is 0 Å². The number of carbonyl (C=O) groups excluding carboxylic acids is 1. The van der Waals surface area contributed by atoms with Crippen LogP contribution in [0.3, 0.4) is 0 Å². The number of hydrogen-bond acceptors (Lipinski definition) is 4. The second-order valence-corrected chi connectivity index (χ2v) is 7.56. The Morgan fingerprint density at radius 1 is 1.11 bits per heavy atom. The summed E-state index contributed by atoms with van der Waals surface area (Å²) in [6.07, 6.45) is 1.17. The SMILES string of the molecule is Cc1ccc(CN(C(=O)OC(C)(C)C)c2ccc(O)c3ncccc23)cc1. The number of carbonyl (C=O) groups is 1. The molecule has 27 heavy (non-hydrogen) atoms. The van der Waals surface area contributed by atoms with E-state index in [1.54, 1.807) is 29.3 Å². The molecule has 0 aliphatic heterocycles. The molecule has 0 atom stereocenters. The van der Waals surface area contributed by atoms with E-state index >= 15 is 0 Å². The molecule has 3 rings (SSSR count). The van der Waals surface area contributed by atoms with Crippen LogP contribution in [0.2, 0.25) is 0 Å². The van der Waals surface area contributed by atoms with Crippen molar-refractivity contribution in [2.24, 2.45) is 0 Å².